The van der Waals surface area contributed by atoms with Gasteiger partial charge in [0.25, 0.3) is 0 Å². The number of nitrogens with zero attached hydrogens (tertiary/aromatic N) is 1. The third kappa shape index (κ3) is 4.08. The molecule has 0 amide bonds. The number of halogens is 1. The van der Waals surface area contributed by atoms with E-state index in [4.69, 9.17) is 24.6 Å². The number of fused-ring (bicyclic) bond motifs is 2. The van der Waals surface area contributed by atoms with Crippen LogP contribution in [0.5, 0.6) is 23.0 Å². The lowest BCUT2D eigenvalue weighted by Gasteiger charge is -2.17. The zero-order valence-electron chi connectivity index (χ0n) is 17.6. The smallest absolute Gasteiger partial charge is 0.304 e. The van der Waals surface area contributed by atoms with Crippen molar-refractivity contribution in [3.8, 4) is 29.1 Å². The van der Waals surface area contributed by atoms with Crippen LogP contribution in [-0.4, -0.2) is 17.7 Å². The minimum Gasteiger partial charge on any atom is -0.492 e. The van der Waals surface area contributed by atoms with Gasteiger partial charge in [0.05, 0.1) is 24.7 Å². The molecule has 5 rings (SSSR count). The fraction of sp³-hybridized carbons (Fsp3) is 0.231. The summed E-state index contributed by atoms with van der Waals surface area (Å²) < 4.78 is 32.6. The predicted molar refractivity (Wildman–Crippen MR) is 116 cm³/mol. The van der Waals surface area contributed by atoms with Crippen LogP contribution in [-0.2, 0) is 11.2 Å². The molecule has 1 N–H and O–H groups in total. The average Bonchev–Trinajstić information content (AvgIpc) is 3.41. The van der Waals surface area contributed by atoms with E-state index in [1.807, 2.05) is 6.07 Å². The first kappa shape index (κ1) is 20.8. The van der Waals surface area contributed by atoms with Gasteiger partial charge in [0.2, 0.25) is 0 Å². The summed E-state index contributed by atoms with van der Waals surface area (Å²) >= 11 is 0. The molecule has 1 aliphatic heterocycles. The van der Waals surface area contributed by atoms with Crippen LogP contribution in [0.15, 0.2) is 54.6 Å². The van der Waals surface area contributed by atoms with E-state index < -0.39 is 12.1 Å². The topological polar surface area (TPSA) is 88.8 Å². The molecule has 0 aromatic heterocycles. The highest BCUT2D eigenvalue weighted by Gasteiger charge is 2.32. The van der Waals surface area contributed by atoms with E-state index in [9.17, 15) is 9.18 Å². The maximum atomic E-state index is 14.8. The average molecular weight is 445 g/mol. The molecule has 0 bridgehead atoms. The first-order valence-electron chi connectivity index (χ1n) is 10.7. The Bertz CT molecular complexity index is 1260. The van der Waals surface area contributed by atoms with Crippen molar-refractivity contribution < 1.29 is 28.5 Å². The van der Waals surface area contributed by atoms with Crippen molar-refractivity contribution in [1.29, 1.82) is 5.26 Å². The molecule has 2 aliphatic rings. The second kappa shape index (κ2) is 8.47. The zero-order valence-corrected chi connectivity index (χ0v) is 17.6. The van der Waals surface area contributed by atoms with Gasteiger partial charge in [-0.15, -0.1) is 0 Å². The molecule has 6 nitrogen and oxygen atoms in total. The number of carboxylic acids is 1. The van der Waals surface area contributed by atoms with Gasteiger partial charge < -0.3 is 19.3 Å². The van der Waals surface area contributed by atoms with E-state index >= 15 is 0 Å². The third-order valence-corrected chi connectivity index (χ3v) is 6.01. The highest BCUT2D eigenvalue weighted by molar-refractivity contribution is 5.68. The molecule has 0 radical (unpaired) electrons. The molecule has 0 spiro atoms. The summed E-state index contributed by atoms with van der Waals surface area (Å²) in [5, 5.41) is 18.0. The Labute approximate surface area is 189 Å². The van der Waals surface area contributed by atoms with E-state index in [0.29, 0.717) is 53.6 Å². The minimum absolute atomic E-state index is 0.0103. The molecule has 3 aromatic carbocycles. The van der Waals surface area contributed by atoms with Crippen LogP contribution in [0.3, 0.4) is 0 Å². The summed E-state index contributed by atoms with van der Waals surface area (Å²) in [6.45, 7) is 0.321. The Morgan fingerprint density at radius 3 is 2.70 bits per heavy atom. The molecule has 166 valence electrons. The number of benzene rings is 3. The number of nitriles is 1. The normalized spacial score (nSPS) is 18.1. The van der Waals surface area contributed by atoms with Gasteiger partial charge >= 0.3 is 5.97 Å². The lowest BCUT2D eigenvalue weighted by molar-refractivity contribution is -0.137. The molecule has 0 saturated carbocycles. The van der Waals surface area contributed by atoms with E-state index in [1.54, 1.807) is 42.5 Å². The van der Waals surface area contributed by atoms with Gasteiger partial charge in [-0.2, -0.15) is 5.26 Å². The highest BCUT2D eigenvalue weighted by atomic mass is 19.1. The van der Waals surface area contributed by atoms with E-state index in [-0.39, 0.29) is 18.2 Å². The molecule has 1 unspecified atom stereocenters. The number of hydrogen-bond donors (Lipinski definition) is 1. The van der Waals surface area contributed by atoms with Gasteiger partial charge in [-0.3, -0.25) is 4.79 Å². The first-order valence-corrected chi connectivity index (χ1v) is 10.7. The molecule has 0 saturated heterocycles. The van der Waals surface area contributed by atoms with Crippen molar-refractivity contribution >= 4 is 5.97 Å². The summed E-state index contributed by atoms with van der Waals surface area (Å²) in [4.78, 5) is 11.0. The second-order valence-electron chi connectivity index (χ2n) is 8.13. The monoisotopic (exact) mass is 445 g/mol. The van der Waals surface area contributed by atoms with Crippen LogP contribution in [0.2, 0.25) is 0 Å². The predicted octanol–water partition coefficient (Wildman–Crippen LogP) is 5.51. The van der Waals surface area contributed by atoms with Crippen molar-refractivity contribution in [2.75, 3.05) is 6.61 Å². The van der Waals surface area contributed by atoms with Crippen LogP contribution in [0.1, 0.15) is 47.1 Å². The fourth-order valence-corrected chi connectivity index (χ4v) is 4.45. The summed E-state index contributed by atoms with van der Waals surface area (Å²) in [6, 6.07) is 17.1. The quantitative estimate of drug-likeness (QED) is 0.538. The third-order valence-electron chi connectivity index (χ3n) is 6.01. The van der Waals surface area contributed by atoms with Gasteiger partial charge in [-0.05, 0) is 55.3 Å². The molecular formula is C26H20FNO5. The molecule has 3 aromatic rings. The standard InChI is InChI=1S/C26H20FNO5/c27-21-8-10-22(32-17-3-1-15(13-28)2-4-17)20-7-9-23(26(20)21)33-18-5-6-19-16(11-25(29)30)14-31-24(19)12-18/h1-6,8,10,12,16,23H,7,9,11,14H2,(H,29,30)/t16?,23-/m1/s1. The lowest BCUT2D eigenvalue weighted by atomic mass is 9.98. The Morgan fingerprint density at radius 1 is 1.15 bits per heavy atom. The van der Waals surface area contributed by atoms with Gasteiger partial charge in [-0.25, -0.2) is 4.39 Å². The number of carboxylic acid groups (broad SMARTS) is 1. The second-order valence-corrected chi connectivity index (χ2v) is 8.13. The molecule has 33 heavy (non-hydrogen) atoms. The Kier molecular flexibility index (Phi) is 5.35. The molecule has 7 heteroatoms. The van der Waals surface area contributed by atoms with Crippen LogP contribution in [0.25, 0.3) is 0 Å². The van der Waals surface area contributed by atoms with Gasteiger partial charge in [0.15, 0.2) is 0 Å². The number of rotatable bonds is 6. The van der Waals surface area contributed by atoms with Gasteiger partial charge in [0.1, 0.15) is 34.9 Å². The minimum atomic E-state index is -0.867. The maximum absolute atomic E-state index is 14.8. The molecule has 2 atom stereocenters. The van der Waals surface area contributed by atoms with Crippen LogP contribution < -0.4 is 14.2 Å². The maximum Gasteiger partial charge on any atom is 0.304 e. The summed E-state index contributed by atoms with van der Waals surface area (Å²) in [5.74, 6) is 0.885. The highest BCUT2D eigenvalue weighted by Crippen LogP contribution is 2.44. The van der Waals surface area contributed by atoms with Gasteiger partial charge in [0, 0.05) is 28.7 Å². The van der Waals surface area contributed by atoms with Crippen LogP contribution in [0, 0.1) is 17.1 Å². The SMILES string of the molecule is N#Cc1ccc(Oc2ccc(F)c3c2CC[C@H]3Oc2ccc3c(c2)OCC3CC(=O)O)cc1. The van der Waals surface area contributed by atoms with E-state index in [1.165, 1.54) is 6.07 Å². The fourth-order valence-electron chi connectivity index (χ4n) is 4.45. The molecule has 0 fully saturated rings. The molecule has 1 aliphatic carbocycles. The first-order chi connectivity index (χ1) is 16.0. The summed E-state index contributed by atoms with van der Waals surface area (Å²) in [7, 11) is 0. The largest absolute Gasteiger partial charge is 0.492 e. The molecular weight excluding hydrogens is 425 g/mol. The van der Waals surface area contributed by atoms with Crippen molar-refractivity contribution in [1.82, 2.24) is 0 Å². The van der Waals surface area contributed by atoms with Crippen molar-refractivity contribution in [2.24, 2.45) is 0 Å². The van der Waals surface area contributed by atoms with E-state index in [2.05, 4.69) is 6.07 Å². The summed E-state index contributed by atoms with van der Waals surface area (Å²) in [5.41, 5.74) is 2.63. The van der Waals surface area contributed by atoms with Crippen LogP contribution >= 0.6 is 0 Å². The summed E-state index contributed by atoms with van der Waals surface area (Å²) in [6.07, 6.45) is 0.736. The Hall–Kier alpha value is -4.05. The number of aliphatic carboxylic acids is 1. The van der Waals surface area contributed by atoms with Crippen LogP contribution in [0.4, 0.5) is 4.39 Å². The zero-order chi connectivity index (χ0) is 22.9. The van der Waals surface area contributed by atoms with Gasteiger partial charge in [-0.1, -0.05) is 6.07 Å². The van der Waals surface area contributed by atoms with Crippen molar-refractivity contribution in [3.05, 3.63) is 82.7 Å². The Balaban J connectivity index is 1.36. The molecule has 1 heterocycles. The van der Waals surface area contributed by atoms with Crippen molar-refractivity contribution in [3.63, 3.8) is 0 Å². The van der Waals surface area contributed by atoms with E-state index in [0.717, 1.165) is 11.1 Å². The number of ether oxygens (including phenoxy) is 3. The number of carbonyl (C=O) groups is 1. The number of hydrogen-bond acceptors (Lipinski definition) is 5. The Morgan fingerprint density at radius 2 is 1.94 bits per heavy atom. The lowest BCUT2D eigenvalue weighted by Crippen LogP contribution is -2.07. The van der Waals surface area contributed by atoms with Crippen molar-refractivity contribution in [2.45, 2.75) is 31.3 Å².